The number of carbonyl (C=O) groups is 2. The third-order valence-corrected chi connectivity index (χ3v) is 3.13. The van der Waals surface area contributed by atoms with Crippen LogP contribution in [-0.4, -0.2) is 34.0 Å². The first-order chi connectivity index (χ1) is 9.04. The number of nitrogens with zero attached hydrogens (tertiary/aromatic N) is 2. The van der Waals surface area contributed by atoms with Gasteiger partial charge in [0.25, 0.3) is 0 Å². The summed E-state index contributed by atoms with van der Waals surface area (Å²) in [4.78, 5) is 31.5. The molecule has 19 heavy (non-hydrogen) atoms. The molecule has 1 atom stereocenters. The molecular weight excluding hydrogens is 246 g/mol. The molecule has 0 aliphatic rings. The van der Waals surface area contributed by atoms with Gasteiger partial charge in [0.2, 0.25) is 5.91 Å². The number of hydrogen-bond donors (Lipinski definition) is 2. The third-order valence-electron chi connectivity index (χ3n) is 3.13. The number of imidazole rings is 1. The summed E-state index contributed by atoms with van der Waals surface area (Å²) in [6, 6.07) is 5.30. The number of H-pyrrole nitrogens is 1. The van der Waals surface area contributed by atoms with Crippen LogP contribution in [0, 0.1) is 5.92 Å². The number of anilines is 1. The first-order valence-electron chi connectivity index (χ1n) is 5.98. The van der Waals surface area contributed by atoms with E-state index in [0.717, 1.165) is 11.0 Å². The minimum Gasteiger partial charge on any atom is -0.481 e. The monoisotopic (exact) mass is 261 g/mol. The average Bonchev–Trinajstić information content (AvgIpc) is 2.85. The zero-order chi connectivity index (χ0) is 14.0. The first kappa shape index (κ1) is 13.1. The van der Waals surface area contributed by atoms with Crippen LogP contribution in [0.1, 0.15) is 13.3 Å². The van der Waals surface area contributed by atoms with Gasteiger partial charge in [-0.25, -0.2) is 4.98 Å². The molecule has 0 saturated carbocycles. The normalized spacial score (nSPS) is 12.3. The van der Waals surface area contributed by atoms with Crippen LogP contribution >= 0.6 is 0 Å². The number of fused-ring (bicyclic) bond motifs is 1. The number of hydrogen-bond acceptors (Lipinski definition) is 3. The highest BCUT2D eigenvalue weighted by Crippen LogP contribution is 2.21. The van der Waals surface area contributed by atoms with Gasteiger partial charge in [0, 0.05) is 12.7 Å². The maximum absolute atomic E-state index is 12.1. The predicted molar refractivity (Wildman–Crippen MR) is 70.9 cm³/mol. The van der Waals surface area contributed by atoms with Crippen molar-refractivity contribution in [3.05, 3.63) is 24.5 Å². The Kier molecular flexibility index (Phi) is 3.50. The lowest BCUT2D eigenvalue weighted by atomic mass is 10.1. The molecule has 1 amide bonds. The van der Waals surface area contributed by atoms with Gasteiger partial charge in [0.05, 0.1) is 17.4 Å². The first-order valence-corrected chi connectivity index (χ1v) is 5.98. The second-order valence-corrected chi connectivity index (χ2v) is 4.30. The van der Waals surface area contributed by atoms with Gasteiger partial charge < -0.3 is 15.0 Å². The topological polar surface area (TPSA) is 86.3 Å². The second kappa shape index (κ2) is 5.09. The van der Waals surface area contributed by atoms with Crippen LogP contribution in [0.4, 0.5) is 5.69 Å². The molecule has 0 saturated heterocycles. The Morgan fingerprint density at radius 1 is 1.47 bits per heavy atom. The molecule has 2 aromatic rings. The molecule has 6 nitrogen and oxygen atoms in total. The Labute approximate surface area is 110 Å². The molecule has 6 heteroatoms. The Bertz CT molecular complexity index is 620. The van der Waals surface area contributed by atoms with Crippen molar-refractivity contribution in [1.29, 1.82) is 0 Å². The van der Waals surface area contributed by atoms with Crippen LogP contribution in [0.25, 0.3) is 11.0 Å². The molecular formula is C13H15N3O3. The summed E-state index contributed by atoms with van der Waals surface area (Å²) < 4.78 is 0. The zero-order valence-electron chi connectivity index (χ0n) is 10.8. The van der Waals surface area contributed by atoms with Crippen molar-refractivity contribution in [3.8, 4) is 0 Å². The SMILES string of the molecule is CCC(C(=O)O)C(=O)N(C)c1ccc2nc[nH]c2c1. The van der Waals surface area contributed by atoms with E-state index in [0.29, 0.717) is 5.69 Å². The van der Waals surface area contributed by atoms with Crippen molar-refractivity contribution in [1.82, 2.24) is 9.97 Å². The Balaban J connectivity index is 2.29. The molecule has 0 aliphatic heterocycles. The number of nitrogens with one attached hydrogen (secondary N) is 1. The molecule has 0 aliphatic carbocycles. The maximum Gasteiger partial charge on any atom is 0.316 e. The molecule has 1 heterocycles. The number of aromatic nitrogens is 2. The second-order valence-electron chi connectivity index (χ2n) is 4.30. The Hall–Kier alpha value is -2.37. The van der Waals surface area contributed by atoms with Gasteiger partial charge >= 0.3 is 5.97 Å². The van der Waals surface area contributed by atoms with Crippen molar-refractivity contribution >= 4 is 28.6 Å². The van der Waals surface area contributed by atoms with E-state index in [1.165, 1.54) is 4.90 Å². The van der Waals surface area contributed by atoms with Gasteiger partial charge in [-0.05, 0) is 24.6 Å². The summed E-state index contributed by atoms with van der Waals surface area (Å²) in [6.45, 7) is 1.68. The molecule has 0 bridgehead atoms. The summed E-state index contributed by atoms with van der Waals surface area (Å²) >= 11 is 0. The number of carboxylic acid groups (broad SMARTS) is 1. The van der Waals surface area contributed by atoms with E-state index < -0.39 is 17.8 Å². The summed E-state index contributed by atoms with van der Waals surface area (Å²) in [7, 11) is 1.57. The number of rotatable bonds is 4. The van der Waals surface area contributed by atoms with Gasteiger partial charge in [0.15, 0.2) is 0 Å². The van der Waals surface area contributed by atoms with Crippen LogP contribution in [0.2, 0.25) is 0 Å². The van der Waals surface area contributed by atoms with Crippen LogP contribution < -0.4 is 4.90 Å². The number of aliphatic carboxylic acids is 1. The Morgan fingerprint density at radius 2 is 2.21 bits per heavy atom. The van der Waals surface area contributed by atoms with Crippen LogP contribution in [-0.2, 0) is 9.59 Å². The van der Waals surface area contributed by atoms with Crippen molar-refractivity contribution in [2.24, 2.45) is 5.92 Å². The van der Waals surface area contributed by atoms with E-state index >= 15 is 0 Å². The zero-order valence-corrected chi connectivity index (χ0v) is 10.8. The molecule has 0 spiro atoms. The van der Waals surface area contributed by atoms with Gasteiger partial charge in [-0.3, -0.25) is 9.59 Å². The Morgan fingerprint density at radius 3 is 2.84 bits per heavy atom. The van der Waals surface area contributed by atoms with E-state index in [2.05, 4.69) is 9.97 Å². The largest absolute Gasteiger partial charge is 0.481 e. The van der Waals surface area contributed by atoms with Crippen LogP contribution in [0.15, 0.2) is 24.5 Å². The molecule has 0 fully saturated rings. The fraction of sp³-hybridized carbons (Fsp3) is 0.308. The van der Waals surface area contributed by atoms with Crippen molar-refractivity contribution in [2.75, 3.05) is 11.9 Å². The van der Waals surface area contributed by atoms with Crippen molar-refractivity contribution < 1.29 is 14.7 Å². The third kappa shape index (κ3) is 2.42. The number of carbonyl (C=O) groups excluding carboxylic acids is 1. The highest BCUT2D eigenvalue weighted by atomic mass is 16.4. The fourth-order valence-electron chi connectivity index (χ4n) is 1.95. The molecule has 0 radical (unpaired) electrons. The lowest BCUT2D eigenvalue weighted by Gasteiger charge is -2.20. The highest BCUT2D eigenvalue weighted by Gasteiger charge is 2.27. The number of benzene rings is 1. The molecule has 1 aromatic carbocycles. The van der Waals surface area contributed by atoms with Gasteiger partial charge in [-0.15, -0.1) is 0 Å². The standard InChI is InChI=1S/C13H15N3O3/c1-3-9(13(18)19)12(17)16(2)8-4-5-10-11(6-8)15-7-14-10/h4-7,9H,3H2,1-2H3,(H,14,15)(H,18,19). The smallest absolute Gasteiger partial charge is 0.316 e. The number of aromatic amines is 1. The average molecular weight is 261 g/mol. The number of carboxylic acids is 1. The van der Waals surface area contributed by atoms with Crippen LogP contribution in [0.5, 0.6) is 0 Å². The van der Waals surface area contributed by atoms with E-state index in [1.54, 1.807) is 38.5 Å². The van der Waals surface area contributed by atoms with E-state index in [-0.39, 0.29) is 6.42 Å². The van der Waals surface area contributed by atoms with Crippen molar-refractivity contribution in [3.63, 3.8) is 0 Å². The van der Waals surface area contributed by atoms with Gasteiger partial charge in [0.1, 0.15) is 5.92 Å². The summed E-state index contributed by atoms with van der Waals surface area (Å²) in [5, 5.41) is 9.01. The lowest BCUT2D eigenvalue weighted by molar-refractivity contribution is -0.146. The van der Waals surface area contributed by atoms with Crippen molar-refractivity contribution in [2.45, 2.75) is 13.3 Å². The lowest BCUT2D eigenvalue weighted by Crippen LogP contribution is -2.36. The molecule has 2 rings (SSSR count). The summed E-state index contributed by atoms with van der Waals surface area (Å²) in [6.07, 6.45) is 1.84. The summed E-state index contributed by atoms with van der Waals surface area (Å²) in [5.41, 5.74) is 2.25. The maximum atomic E-state index is 12.1. The van der Waals surface area contributed by atoms with Gasteiger partial charge in [-0.2, -0.15) is 0 Å². The number of amides is 1. The summed E-state index contributed by atoms with van der Waals surface area (Å²) in [5.74, 6) is -2.53. The molecule has 1 aromatic heterocycles. The minimum atomic E-state index is -1.10. The molecule has 2 N–H and O–H groups in total. The van der Waals surface area contributed by atoms with E-state index in [4.69, 9.17) is 5.11 Å². The van der Waals surface area contributed by atoms with E-state index in [9.17, 15) is 9.59 Å². The quantitative estimate of drug-likeness (QED) is 0.819. The predicted octanol–water partition coefficient (Wildman–Crippen LogP) is 1.64. The van der Waals surface area contributed by atoms with Gasteiger partial charge in [-0.1, -0.05) is 6.92 Å². The van der Waals surface area contributed by atoms with Crippen LogP contribution in [0.3, 0.4) is 0 Å². The highest BCUT2D eigenvalue weighted by molar-refractivity contribution is 6.05. The molecule has 1 unspecified atom stereocenters. The fourth-order valence-corrected chi connectivity index (χ4v) is 1.95. The molecule has 100 valence electrons. The minimum absolute atomic E-state index is 0.269. The van der Waals surface area contributed by atoms with E-state index in [1.807, 2.05) is 0 Å².